The Balaban J connectivity index is 2.35. The fourth-order valence-electron chi connectivity index (χ4n) is 1.82. The molecule has 0 amide bonds. The van der Waals surface area contributed by atoms with Crippen molar-refractivity contribution in [2.24, 2.45) is 0 Å². The number of nitrogen functional groups attached to an aromatic ring is 1. The Bertz CT molecular complexity index is 684. The predicted molar refractivity (Wildman–Crippen MR) is 86.6 cm³/mol. The van der Waals surface area contributed by atoms with E-state index < -0.39 is 11.9 Å². The van der Waals surface area contributed by atoms with Crippen molar-refractivity contribution < 1.29 is 19.1 Å². The number of esters is 2. The molecule has 0 aromatic carbocycles. The SMILES string of the molecule is CCOC(=O)c1sc(N)c(C(=O)OCC)c1CSc1ncn[nH]1. The highest BCUT2D eigenvalue weighted by molar-refractivity contribution is 7.98. The van der Waals surface area contributed by atoms with Crippen molar-refractivity contribution in [3.05, 3.63) is 22.3 Å². The maximum Gasteiger partial charge on any atom is 0.348 e. The average Bonchev–Trinajstić information content (AvgIpc) is 3.13. The monoisotopic (exact) mass is 356 g/mol. The minimum Gasteiger partial charge on any atom is -0.462 e. The van der Waals surface area contributed by atoms with E-state index in [-0.39, 0.29) is 23.8 Å². The number of thiophene rings is 1. The van der Waals surface area contributed by atoms with Crippen molar-refractivity contribution in [3.8, 4) is 0 Å². The minimum absolute atomic E-state index is 0.215. The summed E-state index contributed by atoms with van der Waals surface area (Å²) in [6.45, 7) is 3.87. The van der Waals surface area contributed by atoms with Gasteiger partial charge in [0.05, 0.1) is 18.8 Å². The zero-order chi connectivity index (χ0) is 16.8. The number of rotatable bonds is 7. The van der Waals surface area contributed by atoms with Crippen molar-refractivity contribution in [1.29, 1.82) is 0 Å². The van der Waals surface area contributed by atoms with Gasteiger partial charge in [0.1, 0.15) is 16.2 Å². The molecular formula is C13H16N4O4S2. The molecule has 0 aliphatic rings. The number of carbonyl (C=O) groups excluding carboxylic acids is 2. The molecule has 0 atom stereocenters. The number of hydrogen-bond donors (Lipinski definition) is 2. The summed E-state index contributed by atoms with van der Waals surface area (Å²) in [4.78, 5) is 28.6. The van der Waals surface area contributed by atoms with E-state index in [2.05, 4.69) is 15.2 Å². The molecule has 3 N–H and O–H groups in total. The number of anilines is 1. The van der Waals surface area contributed by atoms with Crippen molar-refractivity contribution in [1.82, 2.24) is 15.2 Å². The molecular weight excluding hydrogens is 340 g/mol. The molecule has 23 heavy (non-hydrogen) atoms. The summed E-state index contributed by atoms with van der Waals surface area (Å²) in [6, 6.07) is 0. The first-order valence-corrected chi connectivity index (χ1v) is 8.62. The lowest BCUT2D eigenvalue weighted by molar-refractivity contribution is 0.0527. The molecule has 10 heteroatoms. The van der Waals surface area contributed by atoms with E-state index in [0.717, 1.165) is 11.3 Å². The third kappa shape index (κ3) is 4.02. The molecule has 124 valence electrons. The molecule has 0 spiro atoms. The Morgan fingerprint density at radius 2 is 2.00 bits per heavy atom. The molecule has 0 unspecified atom stereocenters. The van der Waals surface area contributed by atoms with E-state index in [1.54, 1.807) is 13.8 Å². The molecule has 8 nitrogen and oxygen atoms in total. The number of H-pyrrole nitrogens is 1. The van der Waals surface area contributed by atoms with Crippen molar-refractivity contribution in [2.45, 2.75) is 24.8 Å². The third-order valence-electron chi connectivity index (χ3n) is 2.72. The Hall–Kier alpha value is -2.07. The number of ether oxygens (including phenoxy) is 2. The molecule has 0 aliphatic carbocycles. The number of carbonyl (C=O) groups is 2. The van der Waals surface area contributed by atoms with Gasteiger partial charge in [-0.15, -0.1) is 11.3 Å². The van der Waals surface area contributed by atoms with Gasteiger partial charge in [-0.2, -0.15) is 5.10 Å². The number of thioether (sulfide) groups is 1. The quantitative estimate of drug-likeness (QED) is 0.571. The number of aromatic amines is 1. The largest absolute Gasteiger partial charge is 0.462 e. The zero-order valence-electron chi connectivity index (χ0n) is 12.6. The van der Waals surface area contributed by atoms with Gasteiger partial charge in [0.25, 0.3) is 0 Å². The first kappa shape index (κ1) is 17.3. The van der Waals surface area contributed by atoms with Gasteiger partial charge in [-0.3, -0.25) is 5.10 Å². The number of hydrogen-bond acceptors (Lipinski definition) is 9. The maximum absolute atomic E-state index is 12.1. The molecule has 2 rings (SSSR count). The Labute approximate surface area is 140 Å². The highest BCUT2D eigenvalue weighted by Crippen LogP contribution is 2.35. The summed E-state index contributed by atoms with van der Waals surface area (Å²) in [5, 5.41) is 7.26. The van der Waals surface area contributed by atoms with Gasteiger partial charge < -0.3 is 15.2 Å². The first-order valence-electron chi connectivity index (χ1n) is 6.81. The van der Waals surface area contributed by atoms with Crippen LogP contribution in [-0.4, -0.2) is 40.3 Å². The molecule has 2 aromatic heterocycles. The van der Waals surface area contributed by atoms with Crippen LogP contribution in [0.3, 0.4) is 0 Å². The second-order valence-electron chi connectivity index (χ2n) is 4.17. The van der Waals surface area contributed by atoms with Gasteiger partial charge in [0.2, 0.25) is 0 Å². The summed E-state index contributed by atoms with van der Waals surface area (Å²) in [5.74, 6) is -0.747. The molecule has 0 bridgehead atoms. The third-order valence-corrected chi connectivity index (χ3v) is 4.67. The van der Waals surface area contributed by atoms with Gasteiger partial charge in [-0.05, 0) is 13.8 Å². The summed E-state index contributed by atoms with van der Waals surface area (Å²) in [6.07, 6.45) is 1.38. The Morgan fingerprint density at radius 1 is 1.30 bits per heavy atom. The van der Waals surface area contributed by atoms with E-state index in [1.807, 2.05) is 0 Å². The number of nitrogens with zero attached hydrogens (tertiary/aromatic N) is 2. The van der Waals surface area contributed by atoms with Gasteiger partial charge >= 0.3 is 11.9 Å². The Kier molecular flexibility index (Phi) is 5.99. The van der Waals surface area contributed by atoms with Crippen LogP contribution in [0, 0.1) is 0 Å². The molecule has 0 radical (unpaired) electrons. The van der Waals surface area contributed by atoms with Gasteiger partial charge in [0.15, 0.2) is 5.16 Å². The van der Waals surface area contributed by atoms with Crippen LogP contribution in [0.2, 0.25) is 0 Å². The Morgan fingerprint density at radius 3 is 2.61 bits per heavy atom. The summed E-state index contributed by atoms with van der Waals surface area (Å²) in [5.41, 5.74) is 6.63. The summed E-state index contributed by atoms with van der Waals surface area (Å²) in [7, 11) is 0. The molecule has 2 heterocycles. The van der Waals surface area contributed by atoms with Crippen LogP contribution in [0.15, 0.2) is 11.5 Å². The topological polar surface area (TPSA) is 120 Å². The standard InChI is InChI=1S/C13H16N4O4S2/c1-3-20-11(18)8-7(5-22-13-15-6-16-17-13)9(23-10(8)14)12(19)21-4-2/h6H,3-5,14H2,1-2H3,(H,15,16,17). The van der Waals surface area contributed by atoms with E-state index in [0.29, 0.717) is 21.3 Å². The van der Waals surface area contributed by atoms with Crippen molar-refractivity contribution in [2.75, 3.05) is 18.9 Å². The number of aromatic nitrogens is 3. The van der Waals surface area contributed by atoms with Crippen LogP contribution in [0.4, 0.5) is 5.00 Å². The van der Waals surface area contributed by atoms with Gasteiger partial charge in [-0.1, -0.05) is 11.8 Å². The summed E-state index contributed by atoms with van der Waals surface area (Å²) < 4.78 is 10.1. The lowest BCUT2D eigenvalue weighted by Gasteiger charge is -2.06. The molecule has 0 saturated carbocycles. The predicted octanol–water partition coefficient (Wildman–Crippen LogP) is 2.09. The minimum atomic E-state index is -0.551. The van der Waals surface area contributed by atoms with Crippen LogP contribution in [0.5, 0.6) is 0 Å². The first-order chi connectivity index (χ1) is 11.1. The second kappa shape index (κ2) is 7.97. The lowest BCUT2D eigenvalue weighted by Crippen LogP contribution is -2.11. The molecule has 2 aromatic rings. The molecule has 0 saturated heterocycles. The summed E-state index contributed by atoms with van der Waals surface area (Å²) >= 11 is 2.32. The van der Waals surface area contributed by atoms with Crippen LogP contribution in [0.25, 0.3) is 0 Å². The second-order valence-corrected chi connectivity index (χ2v) is 6.19. The van der Waals surface area contributed by atoms with E-state index in [9.17, 15) is 9.59 Å². The van der Waals surface area contributed by atoms with Gasteiger partial charge in [-0.25, -0.2) is 14.6 Å². The number of nitrogens with two attached hydrogens (primary N) is 1. The van der Waals surface area contributed by atoms with E-state index in [4.69, 9.17) is 15.2 Å². The molecule has 0 aliphatic heterocycles. The zero-order valence-corrected chi connectivity index (χ0v) is 14.3. The highest BCUT2D eigenvalue weighted by Gasteiger charge is 2.27. The van der Waals surface area contributed by atoms with Crippen LogP contribution in [0.1, 0.15) is 39.4 Å². The van der Waals surface area contributed by atoms with Crippen molar-refractivity contribution >= 4 is 40.0 Å². The smallest absolute Gasteiger partial charge is 0.348 e. The van der Waals surface area contributed by atoms with E-state index >= 15 is 0 Å². The normalized spacial score (nSPS) is 10.5. The van der Waals surface area contributed by atoms with Crippen molar-refractivity contribution in [3.63, 3.8) is 0 Å². The van der Waals surface area contributed by atoms with Crippen LogP contribution >= 0.6 is 23.1 Å². The van der Waals surface area contributed by atoms with E-state index in [1.165, 1.54) is 18.1 Å². The fourth-order valence-corrected chi connectivity index (χ4v) is 3.68. The average molecular weight is 356 g/mol. The number of nitrogens with one attached hydrogen (secondary N) is 1. The lowest BCUT2D eigenvalue weighted by atomic mass is 10.1. The highest BCUT2D eigenvalue weighted by atomic mass is 32.2. The fraction of sp³-hybridized carbons (Fsp3) is 0.385. The maximum atomic E-state index is 12.1. The van der Waals surface area contributed by atoms with Gasteiger partial charge in [0, 0.05) is 11.3 Å². The van der Waals surface area contributed by atoms with Crippen LogP contribution < -0.4 is 5.73 Å². The molecule has 0 fully saturated rings. The van der Waals surface area contributed by atoms with Crippen LogP contribution in [-0.2, 0) is 15.2 Å².